The summed E-state index contributed by atoms with van der Waals surface area (Å²) in [7, 11) is 1.62. The molecule has 1 fully saturated rings. The van der Waals surface area contributed by atoms with Crippen molar-refractivity contribution in [3.8, 4) is 5.75 Å². The van der Waals surface area contributed by atoms with E-state index in [0.717, 1.165) is 41.5 Å². The van der Waals surface area contributed by atoms with Gasteiger partial charge in [-0.25, -0.2) is 4.98 Å². The Labute approximate surface area is 181 Å². The number of nitrogens with one attached hydrogen (secondary N) is 2. The minimum Gasteiger partial charge on any atom is -0.509 e. The fourth-order valence-electron chi connectivity index (χ4n) is 4.39. The number of aliphatic hydroxyl groups excluding tert-OH is 1. The van der Waals surface area contributed by atoms with Gasteiger partial charge in [0, 0.05) is 30.5 Å². The maximum Gasteiger partial charge on any atom is 0.145 e. The largest absolute Gasteiger partial charge is 0.509 e. The van der Waals surface area contributed by atoms with Gasteiger partial charge in [0.05, 0.1) is 30.3 Å². The molecule has 0 amide bonds. The number of nitrogens with zero attached hydrogens (tertiary/aromatic N) is 3. The molecule has 2 aliphatic heterocycles. The molecule has 3 aromatic rings. The Bertz CT molecular complexity index is 1160. The first-order valence-electron chi connectivity index (χ1n) is 10.7. The average molecular weight is 418 g/mol. The van der Waals surface area contributed by atoms with Crippen molar-refractivity contribution in [2.75, 3.05) is 36.5 Å². The Morgan fingerprint density at radius 3 is 2.52 bits per heavy atom. The van der Waals surface area contributed by atoms with Crippen LogP contribution in [0.25, 0.3) is 16.6 Å². The summed E-state index contributed by atoms with van der Waals surface area (Å²) >= 11 is 0. The molecule has 0 unspecified atom stereocenters. The zero-order chi connectivity index (χ0) is 21.5. The lowest BCUT2D eigenvalue weighted by molar-refractivity contribution is 0.411. The molecule has 31 heavy (non-hydrogen) atoms. The van der Waals surface area contributed by atoms with E-state index < -0.39 is 0 Å². The molecule has 3 N–H and O–H groups in total. The third-order valence-corrected chi connectivity index (χ3v) is 6.34. The first-order chi connectivity index (χ1) is 15.0. The van der Waals surface area contributed by atoms with Gasteiger partial charge in [0.25, 0.3) is 0 Å². The molecule has 7 heteroatoms. The van der Waals surface area contributed by atoms with Crippen molar-refractivity contribution in [3.05, 3.63) is 54.0 Å². The highest BCUT2D eigenvalue weighted by Crippen LogP contribution is 2.33. The first kappa shape index (κ1) is 19.5. The zero-order valence-electron chi connectivity index (χ0n) is 17.9. The van der Waals surface area contributed by atoms with E-state index in [9.17, 15) is 5.11 Å². The normalized spacial score (nSPS) is 17.8. The lowest BCUT2D eigenvalue weighted by Gasteiger charge is -2.32. The maximum atomic E-state index is 10.7. The molecule has 0 radical (unpaired) electrons. The Hall–Kier alpha value is -3.48. The second-order valence-corrected chi connectivity index (χ2v) is 8.41. The van der Waals surface area contributed by atoms with Crippen LogP contribution in [-0.4, -0.2) is 47.7 Å². The van der Waals surface area contributed by atoms with Crippen LogP contribution in [0.15, 0.2) is 48.2 Å². The molecular formula is C24H27N5O2. The number of aromatic nitrogens is 2. The lowest BCUT2D eigenvalue weighted by Crippen LogP contribution is -2.32. The highest BCUT2D eigenvalue weighted by atomic mass is 16.5. The van der Waals surface area contributed by atoms with Crippen LogP contribution in [0.2, 0.25) is 0 Å². The number of fused-ring (bicyclic) bond motifs is 1. The van der Waals surface area contributed by atoms with Gasteiger partial charge < -0.3 is 24.6 Å². The zero-order valence-corrected chi connectivity index (χ0v) is 17.9. The fourth-order valence-corrected chi connectivity index (χ4v) is 4.39. The highest BCUT2D eigenvalue weighted by molar-refractivity contribution is 6.30. The molecule has 7 nitrogen and oxygen atoms in total. The van der Waals surface area contributed by atoms with Crippen LogP contribution in [-0.2, 0) is 0 Å². The summed E-state index contributed by atoms with van der Waals surface area (Å²) < 4.78 is 5.27. The van der Waals surface area contributed by atoms with Crippen molar-refractivity contribution < 1.29 is 9.84 Å². The average Bonchev–Trinajstić information content (AvgIpc) is 3.33. The summed E-state index contributed by atoms with van der Waals surface area (Å²) in [6.07, 6.45) is 2.45. The summed E-state index contributed by atoms with van der Waals surface area (Å²) in [5.74, 6) is 2.40. The van der Waals surface area contributed by atoms with Crippen LogP contribution in [0.1, 0.15) is 25.6 Å². The van der Waals surface area contributed by atoms with E-state index in [1.807, 2.05) is 30.3 Å². The number of hydrogen-bond acceptors (Lipinski definition) is 5. The van der Waals surface area contributed by atoms with Crippen molar-refractivity contribution in [2.45, 2.75) is 19.8 Å². The van der Waals surface area contributed by atoms with E-state index in [1.54, 1.807) is 12.0 Å². The molecular weight excluding hydrogens is 390 g/mol. The Morgan fingerprint density at radius 2 is 1.81 bits per heavy atom. The lowest BCUT2D eigenvalue weighted by atomic mass is 9.99. The number of anilines is 2. The number of aliphatic hydroxyl groups is 1. The number of piperidine rings is 1. The summed E-state index contributed by atoms with van der Waals surface area (Å²) in [4.78, 5) is 12.0. The molecule has 1 aromatic heterocycles. The summed E-state index contributed by atoms with van der Waals surface area (Å²) in [5.41, 5.74) is 4.11. The highest BCUT2D eigenvalue weighted by Gasteiger charge is 2.31. The Balaban J connectivity index is 1.37. The predicted molar refractivity (Wildman–Crippen MR) is 124 cm³/mol. The molecule has 0 saturated carbocycles. The molecule has 160 valence electrons. The van der Waals surface area contributed by atoms with Gasteiger partial charge in [0.15, 0.2) is 0 Å². The van der Waals surface area contributed by atoms with E-state index in [0.29, 0.717) is 11.4 Å². The van der Waals surface area contributed by atoms with E-state index in [1.165, 1.54) is 18.5 Å². The van der Waals surface area contributed by atoms with Crippen LogP contribution < -0.4 is 14.5 Å². The van der Waals surface area contributed by atoms with E-state index in [2.05, 4.69) is 33.9 Å². The van der Waals surface area contributed by atoms with Crippen molar-refractivity contribution in [1.29, 1.82) is 5.41 Å². The number of methoxy groups -OCH3 is 1. The summed E-state index contributed by atoms with van der Waals surface area (Å²) in [5, 5.41) is 19.4. The van der Waals surface area contributed by atoms with Crippen LogP contribution in [0.3, 0.4) is 0 Å². The minimum absolute atomic E-state index is 0.144. The van der Waals surface area contributed by atoms with Gasteiger partial charge in [0.2, 0.25) is 0 Å². The third-order valence-electron chi connectivity index (χ3n) is 6.34. The minimum atomic E-state index is 0.144. The molecule has 0 spiro atoms. The summed E-state index contributed by atoms with van der Waals surface area (Å²) in [6.45, 7) is 4.75. The van der Waals surface area contributed by atoms with E-state index in [-0.39, 0.29) is 18.1 Å². The van der Waals surface area contributed by atoms with Crippen molar-refractivity contribution in [1.82, 2.24) is 9.97 Å². The molecule has 3 heterocycles. The van der Waals surface area contributed by atoms with Crippen LogP contribution in [0.5, 0.6) is 5.75 Å². The molecule has 1 saturated heterocycles. The molecule has 2 aliphatic rings. The topological polar surface area (TPSA) is 88.5 Å². The molecule has 0 aliphatic carbocycles. The number of aromatic amines is 1. The quantitative estimate of drug-likeness (QED) is 0.579. The molecule has 2 aromatic carbocycles. The monoisotopic (exact) mass is 417 g/mol. The van der Waals surface area contributed by atoms with Crippen molar-refractivity contribution in [3.63, 3.8) is 0 Å². The SMILES string of the molecule is COc1ccc2nc(C3=C(O)CN(c4ccc(N5CCC(C)CC5)cc4)C3=N)[nH]c2c1. The fraction of sp³-hybridized carbons (Fsp3) is 0.333. The van der Waals surface area contributed by atoms with E-state index in [4.69, 9.17) is 10.1 Å². The summed E-state index contributed by atoms with van der Waals surface area (Å²) in [6, 6.07) is 13.9. The van der Waals surface area contributed by atoms with Crippen molar-refractivity contribution in [2.24, 2.45) is 5.92 Å². The smallest absolute Gasteiger partial charge is 0.145 e. The Morgan fingerprint density at radius 1 is 1.10 bits per heavy atom. The van der Waals surface area contributed by atoms with Gasteiger partial charge in [0.1, 0.15) is 23.2 Å². The number of rotatable bonds is 4. The number of hydrogen-bond donors (Lipinski definition) is 3. The second-order valence-electron chi connectivity index (χ2n) is 8.41. The Kier molecular flexibility index (Phi) is 4.81. The second kappa shape index (κ2) is 7.65. The van der Waals surface area contributed by atoms with Crippen LogP contribution in [0.4, 0.5) is 11.4 Å². The number of amidine groups is 1. The van der Waals surface area contributed by atoms with Crippen LogP contribution >= 0.6 is 0 Å². The van der Waals surface area contributed by atoms with Gasteiger partial charge in [-0.05, 0) is 55.2 Å². The standard InChI is InChI=1S/C24H27N5O2/c1-15-9-11-28(12-10-15)16-3-5-17(6-4-16)29-14-21(30)22(23(29)25)24-26-19-8-7-18(31-2)13-20(19)27-24/h3-8,13,15,25,30H,9-12,14H2,1-2H3,(H,26,27). The van der Waals surface area contributed by atoms with E-state index >= 15 is 0 Å². The predicted octanol–water partition coefficient (Wildman–Crippen LogP) is 4.57. The van der Waals surface area contributed by atoms with Crippen LogP contribution in [0, 0.1) is 11.3 Å². The number of benzene rings is 2. The maximum absolute atomic E-state index is 10.7. The van der Waals surface area contributed by atoms with Gasteiger partial charge in [-0.2, -0.15) is 0 Å². The van der Waals surface area contributed by atoms with Crippen molar-refractivity contribution >= 4 is 33.8 Å². The van der Waals surface area contributed by atoms with Gasteiger partial charge in [-0.3, -0.25) is 5.41 Å². The molecule has 0 bridgehead atoms. The van der Waals surface area contributed by atoms with Gasteiger partial charge in [-0.1, -0.05) is 6.92 Å². The third kappa shape index (κ3) is 3.50. The first-order valence-corrected chi connectivity index (χ1v) is 10.7. The molecule has 0 atom stereocenters. The number of H-pyrrole nitrogens is 1. The number of imidazole rings is 1. The van der Waals surface area contributed by atoms with Gasteiger partial charge >= 0.3 is 0 Å². The molecule has 5 rings (SSSR count). The number of ether oxygens (including phenoxy) is 1. The van der Waals surface area contributed by atoms with Gasteiger partial charge in [-0.15, -0.1) is 0 Å².